The van der Waals surface area contributed by atoms with E-state index in [9.17, 15) is 5.11 Å². The van der Waals surface area contributed by atoms with E-state index in [2.05, 4.69) is 24.9 Å². The van der Waals surface area contributed by atoms with Crippen molar-refractivity contribution in [2.75, 3.05) is 6.61 Å². The monoisotopic (exact) mass is 269 g/mol. The van der Waals surface area contributed by atoms with Crippen molar-refractivity contribution in [1.29, 1.82) is 0 Å². The number of rotatable bonds is 4. The van der Waals surface area contributed by atoms with E-state index in [0.717, 1.165) is 11.3 Å². The van der Waals surface area contributed by atoms with Gasteiger partial charge < -0.3 is 9.84 Å². The Bertz CT molecular complexity index is 633. The molecule has 0 aromatic heterocycles. The molecule has 20 heavy (non-hydrogen) atoms. The normalized spacial score (nSPS) is 10.9. The first-order valence-corrected chi connectivity index (χ1v) is 6.68. The summed E-state index contributed by atoms with van der Waals surface area (Å²) in [5.74, 6) is 0.633. The predicted molar refractivity (Wildman–Crippen MR) is 82.4 cm³/mol. The van der Waals surface area contributed by atoms with E-state index in [1.54, 1.807) is 18.3 Å². The fourth-order valence-electron chi connectivity index (χ4n) is 1.90. The molecule has 0 unspecified atom stereocenters. The number of aliphatic imine (C=N–C) groups is 1. The maximum atomic E-state index is 9.66. The molecule has 3 nitrogen and oxygen atoms in total. The zero-order chi connectivity index (χ0) is 14.5. The summed E-state index contributed by atoms with van der Waals surface area (Å²) in [4.78, 5) is 4.51. The summed E-state index contributed by atoms with van der Waals surface area (Å²) in [7, 11) is 0. The van der Waals surface area contributed by atoms with Crippen LogP contribution in [-0.4, -0.2) is 17.9 Å². The van der Waals surface area contributed by atoms with Gasteiger partial charge >= 0.3 is 0 Å². The number of phenols is 1. The lowest BCUT2D eigenvalue weighted by atomic mass is 10.1. The summed E-state index contributed by atoms with van der Waals surface area (Å²) in [6.45, 7) is 6.54. The molecule has 2 rings (SSSR count). The van der Waals surface area contributed by atoms with Gasteiger partial charge in [-0.15, -0.1) is 0 Å². The Morgan fingerprint density at radius 1 is 1.20 bits per heavy atom. The molecule has 0 saturated heterocycles. The minimum Gasteiger partial charge on any atom is -0.504 e. The minimum atomic E-state index is 0.149. The zero-order valence-corrected chi connectivity index (χ0v) is 12.1. The number of aromatic hydroxyl groups is 1. The minimum absolute atomic E-state index is 0.149. The molecule has 1 N–H and O–H groups in total. The first-order chi connectivity index (χ1) is 9.61. The first-order valence-electron chi connectivity index (χ1n) is 6.68. The van der Waals surface area contributed by atoms with Crippen LogP contribution in [0.5, 0.6) is 11.5 Å². The highest BCUT2D eigenvalue weighted by Gasteiger charge is 2.02. The molecular formula is C17H19NO2. The van der Waals surface area contributed by atoms with Crippen LogP contribution in [0.1, 0.15) is 23.6 Å². The Balaban J connectivity index is 2.27. The fourth-order valence-corrected chi connectivity index (χ4v) is 1.90. The van der Waals surface area contributed by atoms with Crippen molar-refractivity contribution in [3.8, 4) is 11.5 Å². The molecule has 2 aromatic rings. The van der Waals surface area contributed by atoms with Crippen molar-refractivity contribution in [1.82, 2.24) is 0 Å². The van der Waals surface area contributed by atoms with Crippen LogP contribution in [0.25, 0.3) is 0 Å². The number of ether oxygens (including phenoxy) is 1. The maximum absolute atomic E-state index is 9.66. The number of nitrogens with zero attached hydrogens (tertiary/aromatic N) is 1. The van der Waals surface area contributed by atoms with Crippen molar-refractivity contribution >= 4 is 11.9 Å². The van der Waals surface area contributed by atoms with Crippen molar-refractivity contribution in [3.63, 3.8) is 0 Å². The molecule has 0 atom stereocenters. The molecular weight excluding hydrogens is 250 g/mol. The van der Waals surface area contributed by atoms with Crippen LogP contribution in [0, 0.1) is 13.8 Å². The Hall–Kier alpha value is -2.29. The summed E-state index contributed by atoms with van der Waals surface area (Å²) < 4.78 is 5.36. The summed E-state index contributed by atoms with van der Waals surface area (Å²) in [6, 6.07) is 11.3. The van der Waals surface area contributed by atoms with Crippen molar-refractivity contribution in [3.05, 3.63) is 53.1 Å². The summed E-state index contributed by atoms with van der Waals surface area (Å²) in [5.41, 5.74) is 4.25. The van der Waals surface area contributed by atoms with Gasteiger partial charge in [0.05, 0.1) is 12.3 Å². The third-order valence-corrected chi connectivity index (χ3v) is 3.21. The van der Waals surface area contributed by atoms with Gasteiger partial charge in [-0.1, -0.05) is 12.1 Å². The Labute approximate surface area is 119 Å². The largest absolute Gasteiger partial charge is 0.504 e. The Morgan fingerprint density at radius 3 is 2.75 bits per heavy atom. The molecule has 0 spiro atoms. The predicted octanol–water partition coefficient (Wildman–Crippen LogP) is 4.16. The lowest BCUT2D eigenvalue weighted by molar-refractivity contribution is 0.318. The number of aryl methyl sites for hydroxylation is 1. The molecule has 0 radical (unpaired) electrons. The molecule has 0 aliphatic rings. The number of hydrogen-bond acceptors (Lipinski definition) is 3. The van der Waals surface area contributed by atoms with Crippen molar-refractivity contribution in [2.24, 2.45) is 4.99 Å². The Kier molecular flexibility index (Phi) is 4.41. The van der Waals surface area contributed by atoms with Gasteiger partial charge in [-0.3, -0.25) is 4.99 Å². The van der Waals surface area contributed by atoms with Crippen LogP contribution < -0.4 is 4.74 Å². The smallest absolute Gasteiger partial charge is 0.161 e. The van der Waals surface area contributed by atoms with E-state index in [1.165, 1.54) is 11.1 Å². The van der Waals surface area contributed by atoms with Crippen molar-refractivity contribution < 1.29 is 9.84 Å². The van der Waals surface area contributed by atoms with Gasteiger partial charge in [-0.05, 0) is 61.7 Å². The summed E-state index contributed by atoms with van der Waals surface area (Å²) in [5, 5.41) is 9.66. The molecule has 0 heterocycles. The van der Waals surface area contributed by atoms with E-state index in [0.29, 0.717) is 12.4 Å². The lowest BCUT2D eigenvalue weighted by Crippen LogP contribution is -1.93. The van der Waals surface area contributed by atoms with Crippen molar-refractivity contribution in [2.45, 2.75) is 20.8 Å². The number of benzene rings is 2. The Morgan fingerprint density at radius 2 is 2.00 bits per heavy atom. The van der Waals surface area contributed by atoms with Gasteiger partial charge in [-0.2, -0.15) is 0 Å². The lowest BCUT2D eigenvalue weighted by Gasteiger charge is -2.06. The van der Waals surface area contributed by atoms with Gasteiger partial charge in [0.15, 0.2) is 11.5 Å². The second-order valence-corrected chi connectivity index (χ2v) is 4.64. The average molecular weight is 269 g/mol. The second-order valence-electron chi connectivity index (χ2n) is 4.64. The third-order valence-electron chi connectivity index (χ3n) is 3.21. The quantitative estimate of drug-likeness (QED) is 0.847. The van der Waals surface area contributed by atoms with Crippen LogP contribution in [0.2, 0.25) is 0 Å². The molecule has 0 aliphatic heterocycles. The summed E-state index contributed by atoms with van der Waals surface area (Å²) in [6.07, 6.45) is 1.78. The van der Waals surface area contributed by atoms with Crippen LogP contribution in [-0.2, 0) is 0 Å². The van der Waals surface area contributed by atoms with Crippen LogP contribution in [0.4, 0.5) is 5.69 Å². The second kappa shape index (κ2) is 6.24. The first kappa shape index (κ1) is 14.1. The molecule has 3 heteroatoms. The SMILES string of the molecule is CCOc1cc(C=Nc2cccc(C)c2C)ccc1O. The molecule has 0 fully saturated rings. The summed E-state index contributed by atoms with van der Waals surface area (Å²) >= 11 is 0. The molecule has 0 saturated carbocycles. The standard InChI is InChI=1S/C17H19NO2/c1-4-20-17-10-14(8-9-16(17)19)11-18-15-7-5-6-12(2)13(15)3/h5-11,19H,4H2,1-3H3. The van der Waals surface area contributed by atoms with Gasteiger partial charge in [0.1, 0.15) is 0 Å². The molecule has 0 bridgehead atoms. The number of phenolic OH excluding ortho intramolecular Hbond substituents is 1. The van der Waals surface area contributed by atoms with E-state index in [-0.39, 0.29) is 5.75 Å². The zero-order valence-electron chi connectivity index (χ0n) is 12.1. The van der Waals surface area contributed by atoms with E-state index < -0.39 is 0 Å². The maximum Gasteiger partial charge on any atom is 0.161 e. The van der Waals surface area contributed by atoms with Crippen LogP contribution in [0.15, 0.2) is 41.4 Å². The molecule has 104 valence electrons. The highest BCUT2D eigenvalue weighted by atomic mass is 16.5. The topological polar surface area (TPSA) is 41.8 Å². The van der Waals surface area contributed by atoms with E-state index in [4.69, 9.17) is 4.74 Å². The molecule has 0 aliphatic carbocycles. The van der Waals surface area contributed by atoms with Gasteiger partial charge in [0.2, 0.25) is 0 Å². The van der Waals surface area contributed by atoms with Gasteiger partial charge in [0.25, 0.3) is 0 Å². The van der Waals surface area contributed by atoms with Crippen LogP contribution in [0.3, 0.4) is 0 Å². The van der Waals surface area contributed by atoms with Gasteiger partial charge in [0, 0.05) is 6.21 Å². The molecule has 0 amide bonds. The number of hydrogen-bond donors (Lipinski definition) is 1. The third kappa shape index (κ3) is 3.18. The van der Waals surface area contributed by atoms with E-state index in [1.807, 2.05) is 25.1 Å². The average Bonchev–Trinajstić information content (AvgIpc) is 2.44. The van der Waals surface area contributed by atoms with E-state index >= 15 is 0 Å². The fraction of sp³-hybridized carbons (Fsp3) is 0.235. The molecule has 2 aromatic carbocycles. The highest BCUT2D eigenvalue weighted by molar-refractivity contribution is 5.83. The van der Waals surface area contributed by atoms with Gasteiger partial charge in [-0.25, -0.2) is 0 Å². The van der Waals surface area contributed by atoms with Crippen LogP contribution >= 0.6 is 0 Å². The highest BCUT2D eigenvalue weighted by Crippen LogP contribution is 2.27.